The fourth-order valence-corrected chi connectivity index (χ4v) is 11.3. The number of nitrogens with one attached hydrogen (secondary N) is 1. The zero-order chi connectivity index (χ0) is 37.1. The predicted octanol–water partition coefficient (Wildman–Crippen LogP) is 9.10. The number of alkyl carbamates (subject to hydrolysis) is 1. The van der Waals surface area contributed by atoms with Crippen molar-refractivity contribution in [3.63, 3.8) is 0 Å². The minimum Gasteiger partial charge on any atom is -0.446 e. The minimum absolute atomic E-state index is 0.0387. The molecule has 0 radical (unpaired) electrons. The van der Waals surface area contributed by atoms with Crippen molar-refractivity contribution in [1.29, 1.82) is 0 Å². The van der Waals surface area contributed by atoms with Gasteiger partial charge in [0.2, 0.25) is 0 Å². The van der Waals surface area contributed by atoms with Crippen LogP contribution >= 0.6 is 7.82 Å². The van der Waals surface area contributed by atoms with Crippen molar-refractivity contribution < 1.29 is 42.2 Å². The predicted molar refractivity (Wildman–Crippen MR) is 200 cm³/mol. The lowest BCUT2D eigenvalue weighted by Crippen LogP contribution is -2.51. The van der Waals surface area contributed by atoms with E-state index in [0.717, 1.165) is 54.8 Å². The molecule has 4 aliphatic carbocycles. The van der Waals surface area contributed by atoms with Crippen LogP contribution in [0.25, 0.3) is 0 Å². The van der Waals surface area contributed by atoms with Crippen LogP contribution < -0.4 is 5.32 Å². The number of carbonyl (C=O) groups excluding carboxylic acids is 1. The molecule has 10 nitrogen and oxygen atoms in total. The number of hydrogen-bond donors (Lipinski definition) is 2. The largest absolute Gasteiger partial charge is 0.472 e. The van der Waals surface area contributed by atoms with E-state index in [1.54, 1.807) is 19.4 Å². The topological polar surface area (TPSA) is 122 Å². The van der Waals surface area contributed by atoms with Crippen molar-refractivity contribution in [2.24, 2.45) is 46.3 Å². The molecule has 1 amide bonds. The van der Waals surface area contributed by atoms with Crippen molar-refractivity contribution in [2.45, 2.75) is 138 Å². The molecule has 5 unspecified atom stereocenters. The number of rotatable bonds is 22. The Morgan fingerprint density at radius 1 is 0.882 bits per heavy atom. The Hall–Kier alpha value is -1.00. The van der Waals surface area contributed by atoms with Crippen LogP contribution in [0.3, 0.4) is 0 Å². The summed E-state index contributed by atoms with van der Waals surface area (Å²) in [5, 5.41) is 2.91. The smallest absolute Gasteiger partial charge is 0.446 e. The first-order chi connectivity index (χ1) is 24.2. The van der Waals surface area contributed by atoms with E-state index < -0.39 is 13.9 Å². The molecule has 4 aliphatic rings. The lowest BCUT2D eigenvalue weighted by molar-refractivity contribution is -0.0581. The van der Waals surface area contributed by atoms with Crippen LogP contribution in [0.15, 0.2) is 11.6 Å². The molecule has 0 saturated heterocycles. The Morgan fingerprint density at radius 2 is 1.57 bits per heavy atom. The normalized spacial score (nSPS) is 32.1. The van der Waals surface area contributed by atoms with Gasteiger partial charge in [0.25, 0.3) is 0 Å². The molecule has 0 aromatic heterocycles. The third-order valence-electron chi connectivity index (χ3n) is 12.8. The number of phosphoric ester groups is 1. The summed E-state index contributed by atoms with van der Waals surface area (Å²) >= 11 is 0. The standard InChI is InChI=1S/C40H72NO9P/c1-29(2)10-8-11-31(5)35-14-15-36-34-13-12-32-28-33(16-18-39(32,6)37(34)17-19-40(35,36)7)49-38(42)41-20-9-21-45-22-23-46-24-25-47-26-27-48-51(43,44)50-30(3)4/h12,29-31,33-37H,8-11,13-28H2,1-7H3,(H,41,42)(H,43,44)/t31-,33+,34?,35?,36?,37?,39+,40-/m1/s1. The molecule has 0 aromatic carbocycles. The van der Waals surface area contributed by atoms with Crippen molar-refractivity contribution in [1.82, 2.24) is 5.32 Å². The van der Waals surface area contributed by atoms with Gasteiger partial charge in [-0.05, 0) is 112 Å². The first-order valence-corrected chi connectivity index (χ1v) is 21.8. The molecule has 0 heterocycles. The Balaban J connectivity index is 1.06. The molecule has 4 rings (SSSR count). The van der Waals surface area contributed by atoms with E-state index >= 15 is 0 Å². The molecule has 296 valence electrons. The lowest BCUT2D eigenvalue weighted by Gasteiger charge is -2.58. The Kier molecular flexibility index (Phi) is 16.8. The molecule has 2 N–H and O–H groups in total. The van der Waals surface area contributed by atoms with Gasteiger partial charge < -0.3 is 29.2 Å². The molecule has 0 aliphatic heterocycles. The maximum atomic E-state index is 12.7. The van der Waals surface area contributed by atoms with Crippen LogP contribution in [-0.2, 0) is 32.6 Å². The molecular weight excluding hydrogens is 669 g/mol. The highest BCUT2D eigenvalue weighted by Crippen LogP contribution is 2.67. The minimum atomic E-state index is -4.03. The van der Waals surface area contributed by atoms with Crippen LogP contribution in [0.2, 0.25) is 0 Å². The van der Waals surface area contributed by atoms with Gasteiger partial charge in [0.1, 0.15) is 6.10 Å². The van der Waals surface area contributed by atoms with Gasteiger partial charge in [-0.2, -0.15) is 0 Å². The summed E-state index contributed by atoms with van der Waals surface area (Å²) < 4.78 is 43.6. The van der Waals surface area contributed by atoms with Crippen LogP contribution in [-0.4, -0.2) is 76.0 Å². The molecule has 9 atom stereocenters. The highest BCUT2D eigenvalue weighted by Gasteiger charge is 2.59. The molecule has 0 spiro atoms. The zero-order valence-corrected chi connectivity index (χ0v) is 33.9. The zero-order valence-electron chi connectivity index (χ0n) is 33.0. The van der Waals surface area contributed by atoms with Crippen LogP contribution in [0.4, 0.5) is 4.79 Å². The van der Waals surface area contributed by atoms with Gasteiger partial charge >= 0.3 is 13.9 Å². The molecule has 0 aromatic rings. The Labute approximate surface area is 309 Å². The number of amides is 1. The van der Waals surface area contributed by atoms with Crippen LogP contribution in [0.1, 0.15) is 126 Å². The molecular formula is C40H72NO9P. The molecule has 0 bridgehead atoms. The maximum Gasteiger partial charge on any atom is 0.472 e. The number of allylic oxidation sites excluding steroid dienone is 1. The fraction of sp³-hybridized carbons (Fsp3) is 0.925. The van der Waals surface area contributed by atoms with E-state index in [1.807, 2.05) is 0 Å². The maximum absolute atomic E-state index is 12.7. The van der Waals surface area contributed by atoms with Crippen molar-refractivity contribution in [3.05, 3.63) is 11.6 Å². The number of carbonyl (C=O) groups is 1. The van der Waals surface area contributed by atoms with Crippen molar-refractivity contribution in [2.75, 3.05) is 52.8 Å². The molecule has 3 saturated carbocycles. The summed E-state index contributed by atoms with van der Waals surface area (Å²) in [4.78, 5) is 22.1. The lowest BCUT2D eigenvalue weighted by atomic mass is 9.47. The second kappa shape index (κ2) is 20.1. The van der Waals surface area contributed by atoms with E-state index in [1.165, 1.54) is 51.4 Å². The quantitative estimate of drug-likeness (QED) is 0.0636. The summed E-state index contributed by atoms with van der Waals surface area (Å²) in [6.45, 7) is 18.5. The average Bonchev–Trinajstić information content (AvgIpc) is 3.41. The SMILES string of the molecule is CC(C)CCC[C@@H](C)C1CCC2C3CC=C4C[C@@H](OC(=O)NCCCOCCOCCOCCOP(=O)(O)OC(C)C)CC[C@]4(C)C3CC[C@@]21C. The Bertz CT molecular complexity index is 1150. The number of fused-ring (bicyclic) bond motifs is 5. The summed E-state index contributed by atoms with van der Waals surface area (Å²) in [6, 6.07) is 0. The average molecular weight is 742 g/mol. The molecule has 3 fully saturated rings. The van der Waals surface area contributed by atoms with Crippen LogP contribution in [0.5, 0.6) is 0 Å². The molecule has 11 heteroatoms. The van der Waals surface area contributed by atoms with Gasteiger partial charge in [0.15, 0.2) is 0 Å². The van der Waals surface area contributed by atoms with E-state index in [-0.39, 0.29) is 30.8 Å². The summed E-state index contributed by atoms with van der Waals surface area (Å²) in [5.41, 5.74) is 2.31. The molecule has 51 heavy (non-hydrogen) atoms. The Morgan fingerprint density at radius 3 is 2.25 bits per heavy atom. The van der Waals surface area contributed by atoms with Gasteiger partial charge in [-0.25, -0.2) is 9.36 Å². The second-order valence-corrected chi connectivity index (χ2v) is 18.5. The second-order valence-electron chi connectivity index (χ2n) is 17.1. The van der Waals surface area contributed by atoms with Crippen molar-refractivity contribution >= 4 is 13.9 Å². The van der Waals surface area contributed by atoms with E-state index in [4.69, 9.17) is 28.0 Å². The van der Waals surface area contributed by atoms with E-state index in [2.05, 4.69) is 46.0 Å². The van der Waals surface area contributed by atoms with Gasteiger partial charge in [-0.15, -0.1) is 0 Å². The number of hydrogen-bond acceptors (Lipinski definition) is 8. The highest BCUT2D eigenvalue weighted by molar-refractivity contribution is 7.47. The van der Waals surface area contributed by atoms with Gasteiger partial charge in [0.05, 0.1) is 45.7 Å². The van der Waals surface area contributed by atoms with Gasteiger partial charge in [0, 0.05) is 19.6 Å². The summed E-state index contributed by atoms with van der Waals surface area (Å²) in [6.07, 6.45) is 16.4. The first kappa shape index (κ1) is 42.7. The summed E-state index contributed by atoms with van der Waals surface area (Å²) in [5.74, 6) is 4.98. The number of phosphoric acid groups is 1. The highest BCUT2D eigenvalue weighted by atomic mass is 31.2. The van der Waals surface area contributed by atoms with Crippen molar-refractivity contribution in [3.8, 4) is 0 Å². The first-order valence-electron chi connectivity index (χ1n) is 20.3. The third-order valence-corrected chi connectivity index (χ3v) is 14.0. The fourth-order valence-electron chi connectivity index (χ4n) is 10.4. The number of ether oxygens (including phenoxy) is 4. The van der Waals surface area contributed by atoms with Crippen LogP contribution in [0, 0.1) is 46.3 Å². The summed E-state index contributed by atoms with van der Waals surface area (Å²) in [7, 11) is -4.03. The third kappa shape index (κ3) is 12.2. The van der Waals surface area contributed by atoms with Gasteiger partial charge in [-0.3, -0.25) is 9.05 Å². The van der Waals surface area contributed by atoms with E-state index in [9.17, 15) is 14.3 Å². The van der Waals surface area contributed by atoms with E-state index in [0.29, 0.717) is 51.4 Å². The monoisotopic (exact) mass is 741 g/mol. The van der Waals surface area contributed by atoms with Gasteiger partial charge in [-0.1, -0.05) is 65.5 Å².